The van der Waals surface area contributed by atoms with Gasteiger partial charge < -0.3 is 0 Å². The number of fused-ring (bicyclic) bond motifs is 2. The van der Waals surface area contributed by atoms with Crippen molar-refractivity contribution in [1.29, 1.82) is 0 Å². The van der Waals surface area contributed by atoms with Crippen LogP contribution in [0.3, 0.4) is 0 Å². The largest absolute Gasteiger partial charge is 0.287 e. The Morgan fingerprint density at radius 2 is 1.27 bits per heavy atom. The maximum absolute atomic E-state index is 13.5. The first kappa shape index (κ1) is 18.3. The molecule has 5 heteroatoms. The van der Waals surface area contributed by atoms with Gasteiger partial charge in [-0.25, -0.2) is 12.4 Å². The fraction of sp³-hybridized carbons (Fsp3) is 0. The molecule has 4 nitrogen and oxygen atoms in total. The maximum atomic E-state index is 13.5. The minimum absolute atomic E-state index is 0.121. The van der Waals surface area contributed by atoms with Gasteiger partial charge in [-0.05, 0) is 41.1 Å². The van der Waals surface area contributed by atoms with Gasteiger partial charge in [-0.2, -0.15) is 0 Å². The average molecular weight is 411 g/mol. The average Bonchev–Trinajstić information content (AvgIpc) is 3.19. The Hall–Kier alpha value is -3.70. The fourth-order valence-electron chi connectivity index (χ4n) is 3.72. The van der Waals surface area contributed by atoms with Crippen LogP contribution in [0.4, 0.5) is 0 Å². The molecule has 0 aliphatic carbocycles. The molecule has 0 fully saturated rings. The molecule has 5 aromatic rings. The zero-order valence-corrected chi connectivity index (χ0v) is 16.7. The van der Waals surface area contributed by atoms with E-state index in [1.165, 1.54) is 12.1 Å². The van der Waals surface area contributed by atoms with Crippen LogP contribution in [-0.2, 0) is 10.0 Å². The predicted octanol–water partition coefficient (Wildman–Crippen LogP) is 5.26. The molecule has 0 amide bonds. The number of aromatic nitrogens is 1. The standard InChI is InChI=1S/C25H17NO3S/c27-25(21-15-14-18-8-4-5-9-19(18)16-21)24-17-20-10-6-7-13-23(20)26(24)30(28,29)22-11-2-1-3-12-22/h1-17H. The van der Waals surface area contributed by atoms with Crippen LogP contribution in [0.5, 0.6) is 0 Å². The molecule has 0 atom stereocenters. The summed E-state index contributed by atoms with van der Waals surface area (Å²) in [5.41, 5.74) is 1.04. The van der Waals surface area contributed by atoms with Crippen LogP contribution in [0.2, 0.25) is 0 Å². The number of hydrogen-bond donors (Lipinski definition) is 0. The number of nitrogens with zero attached hydrogens (tertiary/aromatic N) is 1. The van der Waals surface area contributed by atoms with E-state index in [2.05, 4.69) is 0 Å². The summed E-state index contributed by atoms with van der Waals surface area (Å²) in [5.74, 6) is -0.337. The summed E-state index contributed by atoms with van der Waals surface area (Å²) in [7, 11) is -3.95. The number of hydrogen-bond acceptors (Lipinski definition) is 3. The lowest BCUT2D eigenvalue weighted by atomic mass is 10.0. The summed E-state index contributed by atoms with van der Waals surface area (Å²) in [4.78, 5) is 13.6. The predicted molar refractivity (Wildman–Crippen MR) is 118 cm³/mol. The van der Waals surface area contributed by atoms with Crippen molar-refractivity contribution in [3.8, 4) is 0 Å². The maximum Gasteiger partial charge on any atom is 0.268 e. The molecule has 0 spiro atoms. The molecular weight excluding hydrogens is 394 g/mol. The molecule has 30 heavy (non-hydrogen) atoms. The molecule has 1 aromatic heterocycles. The summed E-state index contributed by atoms with van der Waals surface area (Å²) in [6, 6.07) is 30.1. The van der Waals surface area contributed by atoms with Crippen LogP contribution in [0.25, 0.3) is 21.7 Å². The first-order valence-electron chi connectivity index (χ1n) is 9.50. The van der Waals surface area contributed by atoms with Gasteiger partial charge in [0.15, 0.2) is 0 Å². The Labute approximate surface area is 174 Å². The molecule has 0 aliphatic rings. The van der Waals surface area contributed by atoms with E-state index in [1.807, 2.05) is 42.5 Å². The first-order chi connectivity index (χ1) is 14.6. The van der Waals surface area contributed by atoms with Crippen molar-refractivity contribution < 1.29 is 13.2 Å². The van der Waals surface area contributed by atoms with Gasteiger partial charge in [-0.1, -0.05) is 72.8 Å². The van der Waals surface area contributed by atoms with E-state index < -0.39 is 10.0 Å². The number of carbonyl (C=O) groups is 1. The lowest BCUT2D eigenvalue weighted by Crippen LogP contribution is -2.19. The zero-order valence-electron chi connectivity index (χ0n) is 15.9. The lowest BCUT2D eigenvalue weighted by Gasteiger charge is -2.12. The van der Waals surface area contributed by atoms with Crippen LogP contribution in [-0.4, -0.2) is 18.2 Å². The molecule has 0 radical (unpaired) electrons. The van der Waals surface area contributed by atoms with Gasteiger partial charge in [-0.15, -0.1) is 0 Å². The van der Waals surface area contributed by atoms with Gasteiger partial charge in [-0.3, -0.25) is 4.79 Å². The van der Waals surface area contributed by atoms with E-state index in [0.29, 0.717) is 16.5 Å². The van der Waals surface area contributed by atoms with Gasteiger partial charge in [0.2, 0.25) is 5.78 Å². The molecule has 5 rings (SSSR count). The second-order valence-electron chi connectivity index (χ2n) is 7.06. The van der Waals surface area contributed by atoms with Crippen molar-refractivity contribution in [2.45, 2.75) is 4.90 Å². The SMILES string of the molecule is O=C(c1ccc2ccccc2c1)c1cc2ccccc2n1S(=O)(=O)c1ccccc1. The van der Waals surface area contributed by atoms with Crippen molar-refractivity contribution in [2.75, 3.05) is 0 Å². The van der Waals surface area contributed by atoms with Crippen LogP contribution in [0.1, 0.15) is 16.1 Å². The molecule has 0 N–H and O–H groups in total. The number of rotatable bonds is 4. The second kappa shape index (κ2) is 6.97. The Kier molecular flexibility index (Phi) is 4.26. The third kappa shape index (κ3) is 2.91. The summed E-state index contributed by atoms with van der Waals surface area (Å²) >= 11 is 0. The zero-order chi connectivity index (χ0) is 20.7. The summed E-state index contributed by atoms with van der Waals surface area (Å²) in [6.45, 7) is 0. The third-order valence-corrected chi connectivity index (χ3v) is 6.93. The van der Waals surface area contributed by atoms with E-state index in [1.54, 1.807) is 48.5 Å². The van der Waals surface area contributed by atoms with Crippen LogP contribution in [0, 0.1) is 0 Å². The normalized spacial score (nSPS) is 11.7. The number of ketones is 1. The van der Waals surface area contributed by atoms with E-state index in [9.17, 15) is 13.2 Å². The quantitative estimate of drug-likeness (QED) is 0.379. The van der Waals surface area contributed by atoms with Crippen molar-refractivity contribution in [1.82, 2.24) is 3.97 Å². The monoisotopic (exact) mass is 411 g/mol. The molecule has 4 aromatic carbocycles. The van der Waals surface area contributed by atoms with Crippen LogP contribution < -0.4 is 0 Å². The minimum atomic E-state index is -3.95. The van der Waals surface area contributed by atoms with Crippen LogP contribution >= 0.6 is 0 Å². The summed E-state index contributed by atoms with van der Waals surface area (Å²) in [5, 5.41) is 2.64. The van der Waals surface area contributed by atoms with Gasteiger partial charge >= 0.3 is 0 Å². The van der Waals surface area contributed by atoms with Crippen LogP contribution in [0.15, 0.2) is 108 Å². The molecule has 0 unspecified atom stereocenters. The van der Waals surface area contributed by atoms with Crippen molar-refractivity contribution in [3.05, 3.63) is 114 Å². The van der Waals surface area contributed by atoms with E-state index >= 15 is 0 Å². The Bertz CT molecular complexity index is 1520. The molecule has 1 heterocycles. The molecule has 146 valence electrons. The van der Waals surface area contributed by atoms with E-state index in [0.717, 1.165) is 14.7 Å². The first-order valence-corrected chi connectivity index (χ1v) is 10.9. The van der Waals surface area contributed by atoms with Crippen molar-refractivity contribution in [3.63, 3.8) is 0 Å². The fourth-order valence-corrected chi connectivity index (χ4v) is 5.25. The van der Waals surface area contributed by atoms with Gasteiger partial charge in [0.05, 0.1) is 10.4 Å². The van der Waals surface area contributed by atoms with E-state index in [4.69, 9.17) is 0 Å². The van der Waals surface area contributed by atoms with Gasteiger partial charge in [0.25, 0.3) is 10.0 Å². The molecule has 0 aliphatic heterocycles. The molecular formula is C25H17NO3S. The molecule has 0 bridgehead atoms. The van der Waals surface area contributed by atoms with Crippen molar-refractivity contribution in [2.24, 2.45) is 0 Å². The van der Waals surface area contributed by atoms with Gasteiger partial charge in [0, 0.05) is 10.9 Å². The Morgan fingerprint density at radius 3 is 2.03 bits per heavy atom. The Balaban J connectivity index is 1.75. The highest BCUT2D eigenvalue weighted by Gasteiger charge is 2.26. The third-order valence-electron chi connectivity index (χ3n) is 5.19. The minimum Gasteiger partial charge on any atom is -0.287 e. The summed E-state index contributed by atoms with van der Waals surface area (Å²) in [6.07, 6.45) is 0. The van der Waals surface area contributed by atoms with E-state index in [-0.39, 0.29) is 16.4 Å². The molecule has 0 saturated carbocycles. The summed E-state index contributed by atoms with van der Waals surface area (Å²) < 4.78 is 28.1. The highest BCUT2D eigenvalue weighted by Crippen LogP contribution is 2.28. The number of para-hydroxylation sites is 1. The number of benzene rings is 4. The second-order valence-corrected chi connectivity index (χ2v) is 8.85. The highest BCUT2D eigenvalue weighted by molar-refractivity contribution is 7.90. The van der Waals surface area contributed by atoms with Gasteiger partial charge in [0.1, 0.15) is 5.69 Å². The lowest BCUT2D eigenvalue weighted by molar-refractivity contribution is 0.103. The number of carbonyl (C=O) groups excluding carboxylic acids is 1. The van der Waals surface area contributed by atoms with Crippen molar-refractivity contribution >= 4 is 37.5 Å². The topological polar surface area (TPSA) is 56.1 Å². The smallest absolute Gasteiger partial charge is 0.268 e. The molecule has 0 saturated heterocycles. The highest BCUT2D eigenvalue weighted by atomic mass is 32.2. The Morgan fingerprint density at radius 1 is 0.633 bits per heavy atom.